The van der Waals surface area contributed by atoms with Gasteiger partial charge in [0, 0.05) is 12.3 Å². The first-order valence-corrected chi connectivity index (χ1v) is 7.60. The Morgan fingerprint density at radius 1 is 1.05 bits per heavy atom. The molecule has 1 amide bonds. The molecule has 0 unspecified atom stereocenters. The van der Waals surface area contributed by atoms with Gasteiger partial charge in [0.2, 0.25) is 5.89 Å². The quantitative estimate of drug-likeness (QED) is 0.900. The third-order valence-corrected chi connectivity index (χ3v) is 4.16. The van der Waals surface area contributed by atoms with Gasteiger partial charge in [0.25, 0.3) is 0 Å². The molecule has 6 nitrogen and oxygen atoms in total. The molecular weight excluding hydrogens is 258 g/mol. The predicted molar refractivity (Wildman–Crippen MR) is 71.2 cm³/mol. The van der Waals surface area contributed by atoms with Crippen molar-refractivity contribution in [2.45, 2.75) is 63.3 Å². The molecule has 3 rings (SSSR count). The first-order chi connectivity index (χ1) is 9.83. The highest BCUT2D eigenvalue weighted by Crippen LogP contribution is 2.30. The Morgan fingerprint density at radius 3 is 2.55 bits per heavy atom. The van der Waals surface area contributed by atoms with Crippen LogP contribution in [0.5, 0.6) is 0 Å². The molecule has 110 valence electrons. The molecule has 1 atom stereocenters. The monoisotopic (exact) mass is 279 g/mol. The summed E-state index contributed by atoms with van der Waals surface area (Å²) in [6.45, 7) is 0.400. The van der Waals surface area contributed by atoms with Crippen LogP contribution in [0.25, 0.3) is 0 Å². The Morgan fingerprint density at radius 2 is 1.80 bits per heavy atom. The summed E-state index contributed by atoms with van der Waals surface area (Å²) in [6.07, 6.45) is 8.97. The molecule has 2 heterocycles. The van der Waals surface area contributed by atoms with Crippen LogP contribution in [0.3, 0.4) is 0 Å². The topological polar surface area (TPSA) is 77.3 Å². The van der Waals surface area contributed by atoms with E-state index < -0.39 is 6.09 Å². The van der Waals surface area contributed by atoms with Gasteiger partial charge in [0.05, 0.1) is 6.61 Å². The van der Waals surface area contributed by atoms with Crippen LogP contribution in [0, 0.1) is 0 Å². The van der Waals surface area contributed by atoms with E-state index in [0.29, 0.717) is 24.8 Å². The van der Waals surface area contributed by atoms with Crippen molar-refractivity contribution < 1.29 is 14.1 Å². The maximum Gasteiger partial charge on any atom is 0.407 e. The van der Waals surface area contributed by atoms with Gasteiger partial charge in [-0.2, -0.15) is 4.98 Å². The zero-order valence-corrected chi connectivity index (χ0v) is 11.6. The van der Waals surface area contributed by atoms with E-state index >= 15 is 0 Å². The van der Waals surface area contributed by atoms with Gasteiger partial charge in [-0.05, 0) is 12.8 Å². The van der Waals surface area contributed by atoms with Gasteiger partial charge in [-0.15, -0.1) is 0 Å². The van der Waals surface area contributed by atoms with Gasteiger partial charge >= 0.3 is 6.09 Å². The van der Waals surface area contributed by atoms with Crippen LogP contribution in [0.1, 0.15) is 75.0 Å². The standard InChI is InChI=1S/C14H21N3O3/c18-14-15-11(8-9-19-14)13-16-12(17-20-13)10-6-4-2-1-3-5-7-10/h10-11H,1-9H2,(H,15,18)/t11-/m1/s1. The van der Waals surface area contributed by atoms with Gasteiger partial charge < -0.3 is 14.6 Å². The van der Waals surface area contributed by atoms with Crippen LogP contribution in [0.2, 0.25) is 0 Å². The normalized spacial score (nSPS) is 25.4. The van der Waals surface area contributed by atoms with Crippen LogP contribution < -0.4 is 5.32 Å². The number of rotatable bonds is 2. The smallest absolute Gasteiger partial charge is 0.407 e. The van der Waals surface area contributed by atoms with Crippen LogP contribution >= 0.6 is 0 Å². The average molecular weight is 279 g/mol. The van der Waals surface area contributed by atoms with Crippen molar-refractivity contribution in [1.82, 2.24) is 15.5 Å². The van der Waals surface area contributed by atoms with Gasteiger partial charge in [-0.1, -0.05) is 37.3 Å². The molecular formula is C14H21N3O3. The SMILES string of the molecule is O=C1N[C@@H](c2nc(C3CCCCCCC3)no2)CCO1. The molecule has 20 heavy (non-hydrogen) atoms. The molecule has 0 aromatic carbocycles. The van der Waals surface area contributed by atoms with Crippen molar-refractivity contribution in [3.63, 3.8) is 0 Å². The van der Waals surface area contributed by atoms with Crippen LogP contribution in [0.15, 0.2) is 4.52 Å². The van der Waals surface area contributed by atoms with Crippen LogP contribution in [0.4, 0.5) is 4.79 Å². The second kappa shape index (κ2) is 6.24. The van der Waals surface area contributed by atoms with Crippen LogP contribution in [-0.2, 0) is 4.74 Å². The number of cyclic esters (lactones) is 1. The van der Waals surface area contributed by atoms with Gasteiger partial charge in [0.1, 0.15) is 6.04 Å². The van der Waals surface area contributed by atoms with Crippen molar-refractivity contribution >= 4 is 6.09 Å². The molecule has 0 radical (unpaired) electrons. The summed E-state index contributed by atoms with van der Waals surface area (Å²) in [4.78, 5) is 15.7. The van der Waals surface area contributed by atoms with Crippen LogP contribution in [-0.4, -0.2) is 22.8 Å². The zero-order chi connectivity index (χ0) is 13.8. The lowest BCUT2D eigenvalue weighted by molar-refractivity contribution is 0.109. The van der Waals surface area contributed by atoms with E-state index in [-0.39, 0.29) is 6.04 Å². The molecule has 1 aromatic rings. The molecule has 1 saturated carbocycles. The van der Waals surface area contributed by atoms with E-state index in [4.69, 9.17) is 9.26 Å². The molecule has 6 heteroatoms. The van der Waals surface area contributed by atoms with Gasteiger partial charge in [0.15, 0.2) is 5.82 Å². The lowest BCUT2D eigenvalue weighted by atomic mass is 9.91. The Labute approximate surface area is 118 Å². The van der Waals surface area contributed by atoms with E-state index in [0.717, 1.165) is 18.7 Å². The zero-order valence-electron chi connectivity index (χ0n) is 11.6. The van der Waals surface area contributed by atoms with E-state index in [1.165, 1.54) is 32.1 Å². The molecule has 2 aliphatic rings. The number of alkyl carbamates (subject to hydrolysis) is 1. The fourth-order valence-electron chi connectivity index (χ4n) is 2.98. The third kappa shape index (κ3) is 3.11. The highest BCUT2D eigenvalue weighted by Gasteiger charge is 2.27. The summed E-state index contributed by atoms with van der Waals surface area (Å²) in [7, 11) is 0. The molecule has 0 bridgehead atoms. The number of ether oxygens (including phenoxy) is 1. The minimum absolute atomic E-state index is 0.203. The third-order valence-electron chi connectivity index (χ3n) is 4.16. The summed E-state index contributed by atoms with van der Waals surface area (Å²) in [5.74, 6) is 1.73. The van der Waals surface area contributed by atoms with Crippen molar-refractivity contribution in [3.05, 3.63) is 11.7 Å². The summed E-state index contributed by atoms with van der Waals surface area (Å²) >= 11 is 0. The number of nitrogens with one attached hydrogen (secondary N) is 1. The largest absolute Gasteiger partial charge is 0.449 e. The van der Waals surface area contributed by atoms with Gasteiger partial charge in [-0.25, -0.2) is 4.79 Å². The number of nitrogens with zero attached hydrogens (tertiary/aromatic N) is 2. The van der Waals surface area contributed by atoms with Crippen molar-refractivity contribution in [2.24, 2.45) is 0 Å². The maximum atomic E-state index is 11.2. The Kier molecular flexibility index (Phi) is 4.18. The minimum atomic E-state index is -0.410. The molecule has 0 spiro atoms. The number of hydrogen-bond donors (Lipinski definition) is 1. The van der Waals surface area contributed by atoms with Crippen molar-refractivity contribution in [2.75, 3.05) is 6.61 Å². The number of hydrogen-bond acceptors (Lipinski definition) is 5. The molecule has 2 fully saturated rings. The maximum absolute atomic E-state index is 11.2. The summed E-state index contributed by atoms with van der Waals surface area (Å²) < 4.78 is 10.2. The lowest BCUT2D eigenvalue weighted by Crippen LogP contribution is -2.35. The highest BCUT2D eigenvalue weighted by molar-refractivity contribution is 5.68. The molecule has 1 aromatic heterocycles. The molecule has 1 aliphatic heterocycles. The fourth-order valence-corrected chi connectivity index (χ4v) is 2.98. The Hall–Kier alpha value is -1.59. The number of carbonyl (C=O) groups is 1. The molecule has 1 aliphatic carbocycles. The number of amides is 1. The second-order valence-corrected chi connectivity index (χ2v) is 5.65. The van der Waals surface area contributed by atoms with E-state index in [2.05, 4.69) is 15.5 Å². The first-order valence-electron chi connectivity index (χ1n) is 7.60. The van der Waals surface area contributed by atoms with Gasteiger partial charge in [-0.3, -0.25) is 0 Å². The first kappa shape index (κ1) is 13.4. The second-order valence-electron chi connectivity index (χ2n) is 5.65. The average Bonchev–Trinajstić information content (AvgIpc) is 2.88. The highest BCUT2D eigenvalue weighted by atomic mass is 16.6. The lowest BCUT2D eigenvalue weighted by Gasteiger charge is -2.20. The predicted octanol–water partition coefficient (Wildman–Crippen LogP) is 3.07. The molecule has 1 saturated heterocycles. The number of carbonyl (C=O) groups excluding carboxylic acids is 1. The summed E-state index contributed by atoms with van der Waals surface area (Å²) in [5, 5.41) is 6.85. The van der Waals surface area contributed by atoms with E-state index in [1.807, 2.05) is 0 Å². The van der Waals surface area contributed by atoms with E-state index in [9.17, 15) is 4.79 Å². The van der Waals surface area contributed by atoms with Crippen molar-refractivity contribution in [3.8, 4) is 0 Å². The number of aromatic nitrogens is 2. The summed E-state index contributed by atoms with van der Waals surface area (Å²) in [5.41, 5.74) is 0. The Bertz CT molecular complexity index is 452. The van der Waals surface area contributed by atoms with Crippen molar-refractivity contribution in [1.29, 1.82) is 0 Å². The Balaban J connectivity index is 1.67. The summed E-state index contributed by atoms with van der Waals surface area (Å²) in [6, 6.07) is -0.203. The minimum Gasteiger partial charge on any atom is -0.449 e. The fraction of sp³-hybridized carbons (Fsp3) is 0.786. The molecule has 1 N–H and O–H groups in total. The van der Waals surface area contributed by atoms with E-state index in [1.54, 1.807) is 0 Å².